The van der Waals surface area contributed by atoms with Gasteiger partial charge in [-0.3, -0.25) is 4.57 Å². The van der Waals surface area contributed by atoms with E-state index in [-0.39, 0.29) is 36.9 Å². The molecule has 34 heavy (non-hydrogen) atoms. The first-order valence-corrected chi connectivity index (χ1v) is 9.99. The van der Waals surface area contributed by atoms with Crippen molar-refractivity contribution in [3.8, 4) is 11.8 Å². The van der Waals surface area contributed by atoms with E-state index in [1.54, 1.807) is 24.3 Å². The number of alkyl halides is 3. The van der Waals surface area contributed by atoms with E-state index in [0.29, 0.717) is 24.6 Å². The van der Waals surface area contributed by atoms with Crippen LogP contribution in [0.15, 0.2) is 42.9 Å². The van der Waals surface area contributed by atoms with Gasteiger partial charge in [0.1, 0.15) is 24.7 Å². The van der Waals surface area contributed by atoms with Crippen molar-refractivity contribution in [1.29, 1.82) is 0 Å². The van der Waals surface area contributed by atoms with Gasteiger partial charge in [-0.15, -0.1) is 13.2 Å². The summed E-state index contributed by atoms with van der Waals surface area (Å²) in [7, 11) is 1.76. The first kappa shape index (κ1) is 23.2. The third-order valence-corrected chi connectivity index (χ3v) is 4.81. The summed E-state index contributed by atoms with van der Waals surface area (Å²) in [5.41, 5.74) is 1.47. The van der Waals surface area contributed by atoms with Crippen LogP contribution in [0.1, 0.15) is 11.1 Å². The first-order valence-electron chi connectivity index (χ1n) is 9.99. The molecule has 11 nitrogen and oxygen atoms in total. The number of hydrogen-bond acceptors (Lipinski definition) is 9. The second-order valence-corrected chi connectivity index (χ2v) is 7.47. The molecule has 3 heterocycles. The van der Waals surface area contributed by atoms with Crippen LogP contribution in [0.2, 0.25) is 0 Å². The number of ether oxygens (including phenoxy) is 3. The second-order valence-electron chi connectivity index (χ2n) is 7.47. The Morgan fingerprint density at radius 3 is 2.59 bits per heavy atom. The zero-order valence-corrected chi connectivity index (χ0v) is 17.8. The number of fused-ring (bicyclic) bond motifs is 1. The summed E-state index contributed by atoms with van der Waals surface area (Å²) in [6, 6.07) is 5.75. The molecule has 0 spiro atoms. The Morgan fingerprint density at radius 2 is 1.94 bits per heavy atom. The van der Waals surface area contributed by atoms with E-state index in [1.165, 1.54) is 35.0 Å². The molecule has 0 saturated carbocycles. The highest BCUT2D eigenvalue weighted by Gasteiger charge is 2.31. The molecule has 0 unspecified atom stereocenters. The van der Waals surface area contributed by atoms with Gasteiger partial charge in [0.05, 0.1) is 13.2 Å². The Hall–Kier alpha value is -3.94. The topological polar surface area (TPSA) is 118 Å². The molecule has 0 radical (unpaired) electrons. The maximum Gasteiger partial charge on any atom is 0.573 e. The fourth-order valence-electron chi connectivity index (χ4n) is 3.23. The van der Waals surface area contributed by atoms with E-state index >= 15 is 0 Å². The highest BCUT2D eigenvalue weighted by Crippen LogP contribution is 2.24. The van der Waals surface area contributed by atoms with Crippen molar-refractivity contribution < 1.29 is 32.3 Å². The van der Waals surface area contributed by atoms with Gasteiger partial charge in [0, 0.05) is 36.5 Å². The molecule has 1 aliphatic rings. The maximum atomic E-state index is 12.3. The van der Waals surface area contributed by atoms with Gasteiger partial charge >= 0.3 is 18.2 Å². The third kappa shape index (κ3) is 5.89. The Bertz CT molecular complexity index is 1140. The van der Waals surface area contributed by atoms with Crippen LogP contribution >= 0.6 is 0 Å². The van der Waals surface area contributed by atoms with E-state index in [4.69, 9.17) is 9.47 Å². The minimum atomic E-state index is -4.73. The molecule has 0 N–H and O–H groups in total. The number of benzene rings is 1. The number of nitrogens with zero attached hydrogens (tertiary/aromatic N) is 6. The molecule has 4 rings (SSSR count). The lowest BCUT2D eigenvalue weighted by Gasteiger charge is -2.22. The standard InChI is InChI=1S/C20H19F3N6O5/c1-27(8-13-2-4-15(5-3-13)34-20(21,22)23)18-24-6-14(7-25-18)11-32-16-9-28-10-17(29(30)31)26-19(28)33-12-16/h2-7,10,16H,8-9,11-12H2,1H3/t16-/m0/s1. The molecule has 2 aromatic heterocycles. The molecule has 1 aliphatic heterocycles. The lowest BCUT2D eigenvalue weighted by Crippen LogP contribution is -2.32. The monoisotopic (exact) mass is 480 g/mol. The SMILES string of the molecule is CN(Cc1ccc(OC(F)(F)F)cc1)c1ncc(CO[C@@H]2COc3nc([N+](=O)[O-])cn3C2)cn1. The molecule has 0 amide bonds. The Morgan fingerprint density at radius 1 is 1.24 bits per heavy atom. The highest BCUT2D eigenvalue weighted by molar-refractivity contribution is 5.33. The number of rotatable bonds is 8. The summed E-state index contributed by atoms with van der Waals surface area (Å²) >= 11 is 0. The summed E-state index contributed by atoms with van der Waals surface area (Å²) in [6.07, 6.45) is -0.541. The first-order chi connectivity index (χ1) is 16.2. The number of halogens is 3. The van der Waals surface area contributed by atoms with E-state index in [0.717, 1.165) is 5.56 Å². The fraction of sp³-hybridized carbons (Fsp3) is 0.350. The Balaban J connectivity index is 1.28. The van der Waals surface area contributed by atoms with Crippen LogP contribution in [0, 0.1) is 10.1 Å². The van der Waals surface area contributed by atoms with E-state index in [2.05, 4.69) is 19.7 Å². The molecule has 1 aromatic carbocycles. The van der Waals surface area contributed by atoms with Crippen LogP contribution in [0.25, 0.3) is 0 Å². The van der Waals surface area contributed by atoms with E-state index < -0.39 is 11.3 Å². The van der Waals surface area contributed by atoms with Gasteiger partial charge in [-0.25, -0.2) is 9.97 Å². The average Bonchev–Trinajstić information content (AvgIpc) is 3.22. The zero-order chi connectivity index (χ0) is 24.3. The highest BCUT2D eigenvalue weighted by atomic mass is 19.4. The summed E-state index contributed by atoms with van der Waals surface area (Å²) in [5, 5.41) is 10.8. The minimum absolute atomic E-state index is 0.185. The Labute approximate surface area is 190 Å². The van der Waals surface area contributed by atoms with Crippen LogP contribution in [0.3, 0.4) is 0 Å². The van der Waals surface area contributed by atoms with Crippen LogP contribution < -0.4 is 14.4 Å². The van der Waals surface area contributed by atoms with Crippen molar-refractivity contribution >= 4 is 11.8 Å². The molecule has 0 fully saturated rings. The minimum Gasteiger partial charge on any atom is -0.443 e. The molecule has 14 heteroatoms. The molecule has 0 saturated heterocycles. The number of imidazole rings is 1. The lowest BCUT2D eigenvalue weighted by molar-refractivity contribution is -0.389. The van der Waals surface area contributed by atoms with Gasteiger partial charge in [0.2, 0.25) is 5.95 Å². The molecule has 0 aliphatic carbocycles. The van der Waals surface area contributed by atoms with Crippen molar-refractivity contribution in [3.63, 3.8) is 0 Å². The van der Waals surface area contributed by atoms with Crippen LogP contribution in [0.5, 0.6) is 11.8 Å². The number of anilines is 1. The van der Waals surface area contributed by atoms with Crippen molar-refractivity contribution in [3.05, 3.63) is 64.1 Å². The van der Waals surface area contributed by atoms with Crippen molar-refractivity contribution in [2.24, 2.45) is 0 Å². The van der Waals surface area contributed by atoms with Crippen LogP contribution in [-0.4, -0.2) is 50.6 Å². The molecule has 3 aromatic rings. The zero-order valence-electron chi connectivity index (χ0n) is 17.8. The van der Waals surface area contributed by atoms with Crippen molar-refractivity contribution in [2.75, 3.05) is 18.6 Å². The molecule has 1 atom stereocenters. The fourth-order valence-corrected chi connectivity index (χ4v) is 3.23. The van der Waals surface area contributed by atoms with Gasteiger partial charge in [0.15, 0.2) is 0 Å². The normalized spacial score (nSPS) is 15.4. The molecule has 180 valence electrons. The van der Waals surface area contributed by atoms with Gasteiger partial charge in [-0.2, -0.15) is 0 Å². The predicted molar refractivity (Wildman–Crippen MR) is 110 cm³/mol. The molecular formula is C20H19F3N6O5. The van der Waals surface area contributed by atoms with Crippen LogP contribution in [0.4, 0.5) is 24.9 Å². The second kappa shape index (κ2) is 9.51. The number of aromatic nitrogens is 4. The van der Waals surface area contributed by atoms with E-state index in [9.17, 15) is 23.3 Å². The summed E-state index contributed by atoms with van der Waals surface area (Å²) in [4.78, 5) is 24.4. The van der Waals surface area contributed by atoms with Gasteiger partial charge in [0.25, 0.3) is 0 Å². The molecule has 0 bridgehead atoms. The average molecular weight is 480 g/mol. The predicted octanol–water partition coefficient (Wildman–Crippen LogP) is 3.09. The largest absolute Gasteiger partial charge is 0.573 e. The van der Waals surface area contributed by atoms with Gasteiger partial charge in [-0.05, 0) is 22.6 Å². The van der Waals surface area contributed by atoms with E-state index in [1.807, 2.05) is 0 Å². The maximum absolute atomic E-state index is 12.3. The summed E-state index contributed by atoms with van der Waals surface area (Å²) < 4.78 is 53.4. The van der Waals surface area contributed by atoms with Gasteiger partial charge in [-0.1, -0.05) is 12.1 Å². The molecular weight excluding hydrogens is 461 g/mol. The quantitative estimate of drug-likeness (QED) is 0.354. The summed E-state index contributed by atoms with van der Waals surface area (Å²) in [6.45, 7) is 1.17. The van der Waals surface area contributed by atoms with Gasteiger partial charge < -0.3 is 29.2 Å². The summed E-state index contributed by atoms with van der Waals surface area (Å²) in [5.74, 6) is -0.143. The third-order valence-electron chi connectivity index (χ3n) is 4.81. The van der Waals surface area contributed by atoms with Crippen LogP contribution in [-0.2, 0) is 24.4 Å². The smallest absolute Gasteiger partial charge is 0.443 e. The van der Waals surface area contributed by atoms with Crippen molar-refractivity contribution in [1.82, 2.24) is 19.5 Å². The number of hydrogen-bond donors (Lipinski definition) is 0. The lowest BCUT2D eigenvalue weighted by atomic mass is 10.2. The number of nitro groups is 1. The van der Waals surface area contributed by atoms with Crippen molar-refractivity contribution in [2.45, 2.75) is 32.2 Å². The Kier molecular flexibility index (Phi) is 6.49.